The summed E-state index contributed by atoms with van der Waals surface area (Å²) in [5.74, 6) is -2.02. The number of methoxy groups -OCH3 is 2. The Morgan fingerprint density at radius 1 is 1.26 bits per heavy atom. The fourth-order valence-corrected chi connectivity index (χ4v) is 4.98. The molecule has 2 N–H and O–H groups in total. The van der Waals surface area contributed by atoms with E-state index in [0.29, 0.717) is 16.9 Å². The number of ether oxygens (including phenoxy) is 3. The molecule has 3 aromatic rings. The Bertz CT molecular complexity index is 1520. The first-order chi connectivity index (χ1) is 18.2. The molecule has 2 heterocycles. The number of aromatic nitrogens is 4. The zero-order valence-electron chi connectivity index (χ0n) is 20.5. The van der Waals surface area contributed by atoms with Crippen LogP contribution in [0.15, 0.2) is 42.1 Å². The quantitative estimate of drug-likeness (QED) is 0.425. The standard InChI is InChI=1S/C25H22ClN5O7/c1-12-8-13(27-15-7-5-4-6-14(15)24-28-30-31(29-24)11-19(33)34)9-18(32)25(12)23(35)20-16(36-2)10-17(37-3)21(26)22(20)38-25/h4-7,9-10,12,27H,8,11H2,1-3H3,(H,33,34)/t12-,25+/m1/s1. The molecule has 0 saturated heterocycles. The average molecular weight is 540 g/mol. The number of benzene rings is 2. The number of carbonyl (C=O) groups excluding carboxylic acids is 2. The van der Waals surface area contributed by atoms with Crippen LogP contribution in [0.3, 0.4) is 0 Å². The molecule has 0 fully saturated rings. The van der Waals surface area contributed by atoms with Crippen LogP contribution in [-0.2, 0) is 16.1 Å². The largest absolute Gasteiger partial charge is 0.496 e. The molecular formula is C25H22ClN5O7. The number of nitrogens with one attached hydrogen (secondary N) is 1. The Kier molecular flexibility index (Phi) is 6.27. The summed E-state index contributed by atoms with van der Waals surface area (Å²) in [5, 5.41) is 24.1. The first-order valence-electron chi connectivity index (χ1n) is 11.5. The molecule has 5 rings (SSSR count). The second kappa shape index (κ2) is 9.45. The van der Waals surface area contributed by atoms with Crippen LogP contribution >= 0.6 is 11.6 Å². The highest BCUT2D eigenvalue weighted by molar-refractivity contribution is 6.36. The van der Waals surface area contributed by atoms with Gasteiger partial charge in [0.2, 0.25) is 23.0 Å². The van der Waals surface area contributed by atoms with E-state index in [2.05, 4.69) is 20.7 Å². The molecule has 13 heteroatoms. The van der Waals surface area contributed by atoms with Crippen molar-refractivity contribution in [2.45, 2.75) is 25.5 Å². The van der Waals surface area contributed by atoms with Crippen LogP contribution in [0.25, 0.3) is 11.4 Å². The number of hydrogen-bond donors (Lipinski definition) is 2. The maximum absolute atomic E-state index is 13.7. The minimum Gasteiger partial charge on any atom is -0.496 e. The fraction of sp³-hybridized carbons (Fsp3) is 0.280. The number of halogens is 1. The van der Waals surface area contributed by atoms with Crippen molar-refractivity contribution in [1.82, 2.24) is 20.2 Å². The molecule has 1 aliphatic heterocycles. The Labute approximate surface area is 221 Å². The monoisotopic (exact) mass is 539 g/mol. The van der Waals surface area contributed by atoms with Gasteiger partial charge in [-0.2, -0.15) is 4.80 Å². The lowest BCUT2D eigenvalue weighted by Gasteiger charge is -2.35. The smallest absolute Gasteiger partial charge is 0.327 e. The minimum atomic E-state index is -1.79. The highest BCUT2D eigenvalue weighted by Gasteiger charge is 2.60. The number of Topliss-reactive ketones (excluding diaryl/α,β-unsaturated/α-hetero) is 1. The summed E-state index contributed by atoms with van der Waals surface area (Å²) < 4.78 is 16.7. The molecule has 0 bridgehead atoms. The number of aliphatic carboxylic acids is 1. The van der Waals surface area contributed by atoms with Gasteiger partial charge in [0, 0.05) is 35.0 Å². The summed E-state index contributed by atoms with van der Waals surface area (Å²) in [6, 6.07) is 8.54. The van der Waals surface area contributed by atoms with Crippen molar-refractivity contribution in [3.05, 3.63) is 52.7 Å². The van der Waals surface area contributed by atoms with E-state index >= 15 is 0 Å². The van der Waals surface area contributed by atoms with Crippen molar-refractivity contribution in [3.8, 4) is 28.6 Å². The van der Waals surface area contributed by atoms with Crippen LogP contribution in [0.5, 0.6) is 17.2 Å². The van der Waals surface area contributed by atoms with E-state index in [0.717, 1.165) is 4.80 Å². The van der Waals surface area contributed by atoms with Gasteiger partial charge < -0.3 is 24.6 Å². The Morgan fingerprint density at radius 2 is 2.00 bits per heavy atom. The van der Waals surface area contributed by atoms with Gasteiger partial charge in [-0.15, -0.1) is 10.2 Å². The predicted octanol–water partition coefficient (Wildman–Crippen LogP) is 3.01. The number of nitrogens with zero attached hydrogens (tertiary/aromatic N) is 4. The van der Waals surface area contributed by atoms with Crippen molar-refractivity contribution in [1.29, 1.82) is 0 Å². The van der Waals surface area contributed by atoms with Gasteiger partial charge in [-0.25, -0.2) is 0 Å². The number of hydrogen-bond acceptors (Lipinski definition) is 10. The van der Waals surface area contributed by atoms with Crippen molar-refractivity contribution in [2.75, 3.05) is 19.5 Å². The van der Waals surface area contributed by atoms with Crippen molar-refractivity contribution >= 4 is 34.8 Å². The molecule has 38 heavy (non-hydrogen) atoms. The van der Waals surface area contributed by atoms with Crippen LogP contribution < -0.4 is 19.5 Å². The predicted molar refractivity (Wildman–Crippen MR) is 134 cm³/mol. The van der Waals surface area contributed by atoms with Crippen LogP contribution in [0.2, 0.25) is 5.02 Å². The molecule has 0 amide bonds. The first-order valence-corrected chi connectivity index (χ1v) is 11.9. The van der Waals surface area contributed by atoms with Crippen molar-refractivity contribution in [3.63, 3.8) is 0 Å². The first kappa shape index (κ1) is 25.2. The summed E-state index contributed by atoms with van der Waals surface area (Å²) in [4.78, 5) is 39.2. The number of fused-ring (bicyclic) bond motifs is 1. The van der Waals surface area contributed by atoms with Crippen molar-refractivity contribution in [2.24, 2.45) is 5.92 Å². The van der Waals surface area contributed by atoms with E-state index in [-0.39, 0.29) is 40.1 Å². The van der Waals surface area contributed by atoms with Gasteiger partial charge in [0.25, 0.3) is 0 Å². The van der Waals surface area contributed by atoms with Gasteiger partial charge >= 0.3 is 5.97 Å². The van der Waals surface area contributed by atoms with Crippen LogP contribution in [0.4, 0.5) is 5.69 Å². The third-order valence-corrected chi connectivity index (χ3v) is 6.86. The molecular weight excluding hydrogens is 518 g/mol. The van der Waals surface area contributed by atoms with E-state index in [1.54, 1.807) is 31.2 Å². The molecule has 0 radical (unpaired) electrons. The minimum absolute atomic E-state index is 0.0544. The molecule has 12 nitrogen and oxygen atoms in total. The molecule has 1 spiro atoms. The average Bonchev–Trinajstić information content (AvgIpc) is 3.47. The summed E-state index contributed by atoms with van der Waals surface area (Å²) in [7, 11) is 2.83. The molecule has 1 aromatic heterocycles. The van der Waals surface area contributed by atoms with E-state index in [1.807, 2.05) is 0 Å². The lowest BCUT2D eigenvalue weighted by Crippen LogP contribution is -2.55. The maximum Gasteiger partial charge on any atom is 0.327 e. The number of ketones is 2. The maximum atomic E-state index is 13.7. The second-order valence-corrected chi connectivity index (χ2v) is 9.19. The topological polar surface area (TPSA) is 155 Å². The number of rotatable bonds is 7. The van der Waals surface area contributed by atoms with E-state index in [9.17, 15) is 14.4 Å². The number of allylic oxidation sites excluding steroid dienone is 1. The molecule has 2 aliphatic rings. The molecule has 0 unspecified atom stereocenters. The van der Waals surface area contributed by atoms with Gasteiger partial charge in [-0.05, 0) is 23.8 Å². The van der Waals surface area contributed by atoms with Gasteiger partial charge in [0.1, 0.15) is 22.1 Å². The van der Waals surface area contributed by atoms with E-state index in [1.165, 1.54) is 26.4 Å². The molecule has 2 aromatic carbocycles. The zero-order valence-corrected chi connectivity index (χ0v) is 21.3. The normalized spacial score (nSPS) is 20.1. The Balaban J connectivity index is 1.46. The van der Waals surface area contributed by atoms with E-state index in [4.69, 9.17) is 30.9 Å². The molecule has 0 saturated carbocycles. The summed E-state index contributed by atoms with van der Waals surface area (Å²) in [5.41, 5.74) is -0.0292. The zero-order chi connectivity index (χ0) is 27.2. The number of tetrazole rings is 1. The number of carboxylic acid groups (broad SMARTS) is 1. The number of anilines is 1. The van der Waals surface area contributed by atoms with Crippen LogP contribution in [0, 0.1) is 5.92 Å². The summed E-state index contributed by atoms with van der Waals surface area (Å²) >= 11 is 6.44. The van der Waals surface area contributed by atoms with Crippen LogP contribution in [-0.4, -0.2) is 62.7 Å². The number of carboxylic acids is 1. The SMILES string of the molecule is COc1cc(OC)c2c(c1Cl)O[C@@]1(C(=O)C=C(Nc3ccccc3-c3nnn(CC(=O)O)n3)C[C@H]1C)C2=O. The van der Waals surface area contributed by atoms with Crippen LogP contribution in [0.1, 0.15) is 23.7 Å². The van der Waals surface area contributed by atoms with E-state index < -0.39 is 35.6 Å². The van der Waals surface area contributed by atoms with Gasteiger partial charge in [0.15, 0.2) is 12.3 Å². The third-order valence-electron chi connectivity index (χ3n) is 6.50. The second-order valence-electron chi connectivity index (χ2n) is 8.81. The summed E-state index contributed by atoms with van der Waals surface area (Å²) in [6.07, 6.45) is 1.63. The lowest BCUT2D eigenvalue weighted by molar-refractivity contribution is -0.138. The highest BCUT2D eigenvalue weighted by atomic mass is 35.5. The molecule has 2 atom stereocenters. The highest BCUT2D eigenvalue weighted by Crippen LogP contribution is 2.53. The van der Waals surface area contributed by atoms with Gasteiger partial charge in [0.05, 0.1) is 14.2 Å². The Morgan fingerprint density at radius 3 is 2.68 bits per heavy atom. The third kappa shape index (κ3) is 3.93. The number of para-hydroxylation sites is 1. The number of carbonyl (C=O) groups is 3. The Hall–Kier alpha value is -4.45. The van der Waals surface area contributed by atoms with Gasteiger partial charge in [-0.1, -0.05) is 30.7 Å². The van der Waals surface area contributed by atoms with Gasteiger partial charge in [-0.3, -0.25) is 14.4 Å². The fourth-order valence-electron chi connectivity index (χ4n) is 4.72. The summed E-state index contributed by atoms with van der Waals surface area (Å²) in [6.45, 7) is 1.32. The lowest BCUT2D eigenvalue weighted by atomic mass is 9.74. The van der Waals surface area contributed by atoms with Crippen molar-refractivity contribution < 1.29 is 33.7 Å². The molecule has 196 valence electrons. The molecule has 1 aliphatic carbocycles.